The highest BCUT2D eigenvalue weighted by Gasteiger charge is 2.53. The normalized spacial score (nSPS) is 25.2. The van der Waals surface area contributed by atoms with Gasteiger partial charge >= 0.3 is 0 Å². The van der Waals surface area contributed by atoms with Crippen molar-refractivity contribution in [3.63, 3.8) is 0 Å². The summed E-state index contributed by atoms with van der Waals surface area (Å²) in [5, 5.41) is 0. The first-order valence-electron chi connectivity index (χ1n) is 7.10. The standard InChI is InChI=1S/C15H21NO3S2/c1-11-4-12(2)6-14(5-11)21(17,18)16-9-15(10-16)7-13(19-3)8-20-15/h4-6,13H,7-10H2,1-3H3/t13-/m0/s1. The van der Waals surface area contributed by atoms with E-state index in [-0.39, 0.29) is 10.9 Å². The van der Waals surface area contributed by atoms with E-state index in [1.165, 1.54) is 0 Å². The first-order valence-corrected chi connectivity index (χ1v) is 9.52. The van der Waals surface area contributed by atoms with Gasteiger partial charge in [0.05, 0.1) is 11.0 Å². The molecule has 2 heterocycles. The van der Waals surface area contributed by atoms with E-state index in [1.54, 1.807) is 23.5 Å². The molecule has 0 amide bonds. The van der Waals surface area contributed by atoms with Crippen LogP contribution in [0.4, 0.5) is 0 Å². The Kier molecular flexibility index (Phi) is 3.84. The largest absolute Gasteiger partial charge is 0.381 e. The van der Waals surface area contributed by atoms with E-state index in [9.17, 15) is 8.42 Å². The molecule has 1 spiro atoms. The van der Waals surface area contributed by atoms with Crippen molar-refractivity contribution < 1.29 is 13.2 Å². The van der Waals surface area contributed by atoms with Crippen LogP contribution in [0.3, 0.4) is 0 Å². The lowest BCUT2D eigenvalue weighted by atomic mass is 9.96. The maximum absolute atomic E-state index is 12.7. The van der Waals surface area contributed by atoms with Crippen LogP contribution in [0.2, 0.25) is 0 Å². The third kappa shape index (κ3) is 2.74. The molecule has 0 N–H and O–H groups in total. The quantitative estimate of drug-likeness (QED) is 0.854. The van der Waals surface area contributed by atoms with Gasteiger partial charge in [-0.3, -0.25) is 0 Å². The zero-order valence-electron chi connectivity index (χ0n) is 12.6. The van der Waals surface area contributed by atoms with Crippen molar-refractivity contribution in [1.82, 2.24) is 4.31 Å². The lowest BCUT2D eigenvalue weighted by Crippen LogP contribution is -2.60. The van der Waals surface area contributed by atoms with Crippen molar-refractivity contribution in [2.24, 2.45) is 0 Å². The van der Waals surface area contributed by atoms with Gasteiger partial charge < -0.3 is 4.74 Å². The fraction of sp³-hybridized carbons (Fsp3) is 0.600. The van der Waals surface area contributed by atoms with Crippen molar-refractivity contribution in [2.45, 2.75) is 36.0 Å². The summed E-state index contributed by atoms with van der Waals surface area (Å²) >= 11 is 1.85. The van der Waals surface area contributed by atoms with Gasteiger partial charge in [0.25, 0.3) is 0 Å². The zero-order valence-corrected chi connectivity index (χ0v) is 14.3. The summed E-state index contributed by atoms with van der Waals surface area (Å²) in [4.78, 5) is 0.418. The van der Waals surface area contributed by atoms with Crippen molar-refractivity contribution >= 4 is 21.8 Å². The summed E-state index contributed by atoms with van der Waals surface area (Å²) in [6.07, 6.45) is 1.22. The number of hydrogen-bond donors (Lipinski definition) is 0. The molecule has 0 aliphatic carbocycles. The van der Waals surface area contributed by atoms with Gasteiger partial charge in [0.2, 0.25) is 10.0 Å². The first kappa shape index (κ1) is 15.3. The van der Waals surface area contributed by atoms with Gasteiger partial charge in [0.1, 0.15) is 0 Å². The van der Waals surface area contributed by atoms with E-state index >= 15 is 0 Å². The SMILES string of the molecule is CO[C@@H]1CSC2(C1)CN(S(=O)(=O)c1cc(C)cc(C)c1)C2. The summed E-state index contributed by atoms with van der Waals surface area (Å²) in [7, 11) is -1.63. The van der Waals surface area contributed by atoms with Crippen molar-refractivity contribution in [3.05, 3.63) is 29.3 Å². The Morgan fingerprint density at radius 2 is 1.86 bits per heavy atom. The predicted octanol–water partition coefficient (Wildman–Crippen LogP) is 2.20. The molecule has 1 aromatic rings. The number of aryl methyl sites for hydroxylation is 2. The molecule has 2 saturated heterocycles. The molecule has 2 aliphatic heterocycles. The van der Waals surface area contributed by atoms with Gasteiger partial charge in [0.15, 0.2) is 0 Å². The molecule has 0 radical (unpaired) electrons. The highest BCUT2D eigenvalue weighted by atomic mass is 32.2. The first-order chi connectivity index (χ1) is 9.84. The average Bonchev–Trinajstić information content (AvgIpc) is 2.80. The molecule has 6 heteroatoms. The van der Waals surface area contributed by atoms with Gasteiger partial charge in [-0.2, -0.15) is 4.31 Å². The Balaban J connectivity index is 1.76. The van der Waals surface area contributed by atoms with Crippen molar-refractivity contribution in [2.75, 3.05) is 26.0 Å². The van der Waals surface area contributed by atoms with Crippen LogP contribution in [0.5, 0.6) is 0 Å². The molecule has 2 aliphatic rings. The van der Waals surface area contributed by atoms with E-state index in [1.807, 2.05) is 31.7 Å². The summed E-state index contributed by atoms with van der Waals surface area (Å²) in [5.74, 6) is 0.966. The molecule has 1 atom stereocenters. The van der Waals surface area contributed by atoms with Crippen LogP contribution < -0.4 is 0 Å². The topological polar surface area (TPSA) is 46.6 Å². The number of hydrogen-bond acceptors (Lipinski definition) is 4. The molecule has 3 rings (SSSR count). The third-order valence-corrected chi connectivity index (χ3v) is 7.62. The van der Waals surface area contributed by atoms with Crippen LogP contribution in [0, 0.1) is 13.8 Å². The molecule has 21 heavy (non-hydrogen) atoms. The van der Waals surface area contributed by atoms with Crippen LogP contribution in [0.1, 0.15) is 17.5 Å². The molecular formula is C15H21NO3S2. The maximum Gasteiger partial charge on any atom is 0.243 e. The zero-order chi connectivity index (χ0) is 15.3. The minimum absolute atomic E-state index is 0.0760. The van der Waals surface area contributed by atoms with Crippen LogP contribution >= 0.6 is 11.8 Å². The lowest BCUT2D eigenvalue weighted by Gasteiger charge is -2.46. The molecule has 2 fully saturated rings. The van der Waals surface area contributed by atoms with Gasteiger partial charge in [-0.25, -0.2) is 8.42 Å². The smallest absolute Gasteiger partial charge is 0.243 e. The molecule has 1 aromatic carbocycles. The van der Waals surface area contributed by atoms with Crippen molar-refractivity contribution in [1.29, 1.82) is 0 Å². The second-order valence-corrected chi connectivity index (χ2v) is 9.58. The Labute approximate surface area is 130 Å². The van der Waals surface area contributed by atoms with Gasteiger partial charge in [-0.05, 0) is 43.5 Å². The second-order valence-electron chi connectivity index (χ2n) is 6.15. The number of thioether (sulfide) groups is 1. The fourth-order valence-electron chi connectivity index (χ4n) is 3.17. The van der Waals surface area contributed by atoms with E-state index in [2.05, 4.69) is 0 Å². The number of ether oxygens (including phenoxy) is 1. The van der Waals surface area contributed by atoms with Gasteiger partial charge in [-0.15, -0.1) is 11.8 Å². The molecule has 4 nitrogen and oxygen atoms in total. The Morgan fingerprint density at radius 1 is 1.24 bits per heavy atom. The van der Waals surface area contributed by atoms with Gasteiger partial charge in [0, 0.05) is 30.7 Å². The van der Waals surface area contributed by atoms with E-state index < -0.39 is 10.0 Å². The number of sulfonamides is 1. The number of methoxy groups -OCH3 is 1. The van der Waals surface area contributed by atoms with Crippen LogP contribution in [0.25, 0.3) is 0 Å². The molecule has 0 aromatic heterocycles. The van der Waals surface area contributed by atoms with Crippen molar-refractivity contribution in [3.8, 4) is 0 Å². The average molecular weight is 327 g/mol. The minimum Gasteiger partial charge on any atom is -0.381 e. The van der Waals surface area contributed by atoms with Crippen LogP contribution in [-0.2, 0) is 14.8 Å². The molecule has 116 valence electrons. The molecule has 0 unspecified atom stereocenters. The van der Waals surface area contributed by atoms with E-state index in [0.717, 1.165) is 23.3 Å². The fourth-order valence-corrected chi connectivity index (χ4v) is 6.73. The Bertz CT molecular complexity index is 631. The highest BCUT2D eigenvalue weighted by Crippen LogP contribution is 2.47. The Morgan fingerprint density at radius 3 is 2.38 bits per heavy atom. The summed E-state index contributed by atoms with van der Waals surface area (Å²) in [5.41, 5.74) is 1.97. The highest BCUT2D eigenvalue weighted by molar-refractivity contribution is 8.01. The number of nitrogens with zero attached hydrogens (tertiary/aromatic N) is 1. The summed E-state index contributed by atoms with van der Waals surface area (Å²) < 4.78 is 32.5. The lowest BCUT2D eigenvalue weighted by molar-refractivity contribution is 0.0931. The number of benzene rings is 1. The molecule has 0 bridgehead atoms. The van der Waals surface area contributed by atoms with E-state index in [4.69, 9.17) is 4.74 Å². The van der Waals surface area contributed by atoms with Crippen LogP contribution in [-0.4, -0.2) is 49.5 Å². The van der Waals surface area contributed by atoms with Gasteiger partial charge in [-0.1, -0.05) is 6.07 Å². The monoisotopic (exact) mass is 327 g/mol. The summed E-state index contributed by atoms with van der Waals surface area (Å²) in [6.45, 7) is 5.07. The van der Waals surface area contributed by atoms with E-state index in [0.29, 0.717) is 18.0 Å². The number of rotatable bonds is 3. The second kappa shape index (κ2) is 5.26. The maximum atomic E-state index is 12.7. The third-order valence-electron chi connectivity index (χ3n) is 4.27. The Hall–Kier alpha value is -0.560. The molecule has 0 saturated carbocycles. The summed E-state index contributed by atoms with van der Waals surface area (Å²) in [6, 6.07) is 5.51. The van der Waals surface area contributed by atoms with Crippen LogP contribution in [0.15, 0.2) is 23.1 Å². The molecular weight excluding hydrogens is 306 g/mol. The predicted molar refractivity (Wildman–Crippen MR) is 85.3 cm³/mol. The minimum atomic E-state index is -3.36.